The summed E-state index contributed by atoms with van der Waals surface area (Å²) in [7, 11) is 0. The van der Waals surface area contributed by atoms with Gasteiger partial charge >= 0.3 is 0 Å². The zero-order chi connectivity index (χ0) is 11.3. The van der Waals surface area contributed by atoms with Gasteiger partial charge in [-0.25, -0.2) is 0 Å². The topological polar surface area (TPSA) is 55.1 Å². The van der Waals surface area contributed by atoms with E-state index in [0.29, 0.717) is 13.0 Å². The van der Waals surface area contributed by atoms with Gasteiger partial charge in [-0.3, -0.25) is 4.79 Å². The van der Waals surface area contributed by atoms with Crippen LogP contribution >= 0.6 is 0 Å². The molecular weight excluding hydrogens is 188 g/mol. The molecule has 3 nitrogen and oxygen atoms in total. The summed E-state index contributed by atoms with van der Waals surface area (Å²) in [5.74, 6) is -0.264. The Morgan fingerprint density at radius 2 is 2.13 bits per heavy atom. The molecule has 0 spiro atoms. The lowest BCUT2D eigenvalue weighted by Gasteiger charge is -2.15. The third-order valence-electron chi connectivity index (χ3n) is 2.48. The Hall–Kier alpha value is -1.35. The first-order valence-electron chi connectivity index (χ1n) is 5.18. The third-order valence-corrected chi connectivity index (χ3v) is 2.48. The molecule has 0 heterocycles. The number of rotatable bonds is 5. The van der Waals surface area contributed by atoms with Crippen LogP contribution in [0.15, 0.2) is 24.3 Å². The van der Waals surface area contributed by atoms with Crippen LogP contribution in [0.4, 0.5) is 0 Å². The van der Waals surface area contributed by atoms with Gasteiger partial charge in [0.2, 0.25) is 5.91 Å². The Bertz CT molecular complexity index is 336. The number of primary amides is 1. The van der Waals surface area contributed by atoms with Gasteiger partial charge in [-0.2, -0.15) is 0 Å². The molecule has 3 heteroatoms. The van der Waals surface area contributed by atoms with Gasteiger partial charge in [0.25, 0.3) is 0 Å². The Kier molecular flexibility index (Phi) is 4.31. The number of aryl methyl sites for hydroxylation is 1. The fourth-order valence-corrected chi connectivity index (χ4v) is 1.59. The second-order valence-corrected chi connectivity index (χ2v) is 3.75. The maximum absolute atomic E-state index is 10.6. The van der Waals surface area contributed by atoms with Crippen LogP contribution in [0.2, 0.25) is 0 Å². The van der Waals surface area contributed by atoms with E-state index < -0.39 is 0 Å². The summed E-state index contributed by atoms with van der Waals surface area (Å²) < 4.78 is 0. The van der Waals surface area contributed by atoms with Gasteiger partial charge in [0.15, 0.2) is 0 Å². The van der Waals surface area contributed by atoms with Gasteiger partial charge in [0, 0.05) is 19.0 Å². The monoisotopic (exact) mass is 206 g/mol. The van der Waals surface area contributed by atoms with E-state index in [9.17, 15) is 4.79 Å². The molecule has 0 saturated heterocycles. The van der Waals surface area contributed by atoms with Crippen LogP contribution in [-0.2, 0) is 4.79 Å². The SMILES string of the molecule is Cc1ccccc1C(C)NCCC(N)=O. The van der Waals surface area contributed by atoms with Crippen molar-refractivity contribution in [1.29, 1.82) is 0 Å². The van der Waals surface area contributed by atoms with E-state index in [4.69, 9.17) is 5.73 Å². The Morgan fingerprint density at radius 3 is 2.73 bits per heavy atom. The maximum atomic E-state index is 10.6. The van der Waals surface area contributed by atoms with Gasteiger partial charge in [0.1, 0.15) is 0 Å². The highest BCUT2D eigenvalue weighted by atomic mass is 16.1. The first-order valence-corrected chi connectivity index (χ1v) is 5.18. The summed E-state index contributed by atoms with van der Waals surface area (Å²) in [6.45, 7) is 4.80. The highest BCUT2D eigenvalue weighted by Crippen LogP contribution is 2.16. The average Bonchev–Trinajstić information content (AvgIpc) is 2.17. The van der Waals surface area contributed by atoms with E-state index in [1.165, 1.54) is 11.1 Å². The maximum Gasteiger partial charge on any atom is 0.218 e. The minimum absolute atomic E-state index is 0.255. The van der Waals surface area contributed by atoms with Crippen molar-refractivity contribution in [3.05, 3.63) is 35.4 Å². The zero-order valence-electron chi connectivity index (χ0n) is 9.29. The lowest BCUT2D eigenvalue weighted by Crippen LogP contribution is -2.24. The van der Waals surface area contributed by atoms with Crippen LogP contribution in [0, 0.1) is 6.92 Å². The fourth-order valence-electron chi connectivity index (χ4n) is 1.59. The van der Waals surface area contributed by atoms with Crippen molar-refractivity contribution >= 4 is 5.91 Å². The van der Waals surface area contributed by atoms with Crippen LogP contribution in [0.5, 0.6) is 0 Å². The second-order valence-electron chi connectivity index (χ2n) is 3.75. The van der Waals surface area contributed by atoms with Crippen LogP contribution in [0.25, 0.3) is 0 Å². The quantitative estimate of drug-likeness (QED) is 0.767. The molecule has 0 aliphatic carbocycles. The molecule has 3 N–H and O–H groups in total. The van der Waals surface area contributed by atoms with E-state index in [-0.39, 0.29) is 11.9 Å². The molecule has 1 atom stereocenters. The molecule has 1 rings (SSSR count). The summed E-state index contributed by atoms with van der Waals surface area (Å²) in [5.41, 5.74) is 7.59. The molecule has 0 aromatic heterocycles. The number of nitrogens with one attached hydrogen (secondary N) is 1. The molecule has 0 fully saturated rings. The second kappa shape index (κ2) is 5.51. The van der Waals surface area contributed by atoms with Gasteiger partial charge in [-0.1, -0.05) is 24.3 Å². The molecule has 0 aliphatic rings. The first kappa shape index (κ1) is 11.7. The van der Waals surface area contributed by atoms with Gasteiger partial charge in [-0.15, -0.1) is 0 Å². The first-order chi connectivity index (χ1) is 7.11. The third kappa shape index (κ3) is 3.72. The van der Waals surface area contributed by atoms with Crippen molar-refractivity contribution in [2.45, 2.75) is 26.3 Å². The summed E-state index contributed by atoms with van der Waals surface area (Å²) >= 11 is 0. The molecule has 1 aromatic carbocycles. The predicted molar refractivity (Wildman–Crippen MR) is 61.4 cm³/mol. The molecule has 1 aromatic rings. The standard InChI is InChI=1S/C12H18N2O/c1-9-5-3-4-6-11(9)10(2)14-8-7-12(13)15/h3-6,10,14H,7-8H2,1-2H3,(H2,13,15). The molecule has 82 valence electrons. The highest BCUT2D eigenvalue weighted by molar-refractivity contribution is 5.73. The summed E-state index contributed by atoms with van der Waals surface area (Å²) in [6, 6.07) is 8.48. The van der Waals surface area contributed by atoms with Gasteiger partial charge < -0.3 is 11.1 Å². The Morgan fingerprint density at radius 1 is 1.47 bits per heavy atom. The number of nitrogens with two attached hydrogens (primary N) is 1. The molecule has 0 aliphatic heterocycles. The fraction of sp³-hybridized carbons (Fsp3) is 0.417. The van der Waals surface area contributed by atoms with E-state index in [1.54, 1.807) is 0 Å². The number of amides is 1. The van der Waals surface area contributed by atoms with Crippen molar-refractivity contribution in [2.75, 3.05) is 6.54 Å². The van der Waals surface area contributed by atoms with Crippen molar-refractivity contribution in [3.8, 4) is 0 Å². The number of hydrogen-bond acceptors (Lipinski definition) is 2. The molecule has 1 unspecified atom stereocenters. The highest BCUT2D eigenvalue weighted by Gasteiger charge is 2.06. The zero-order valence-corrected chi connectivity index (χ0v) is 9.29. The van der Waals surface area contributed by atoms with Crippen LogP contribution in [0.1, 0.15) is 30.5 Å². The summed E-state index contributed by atoms with van der Waals surface area (Å²) in [4.78, 5) is 10.6. The minimum Gasteiger partial charge on any atom is -0.370 e. The Labute approximate surface area is 90.7 Å². The van der Waals surface area contributed by atoms with E-state index in [2.05, 4.69) is 31.3 Å². The largest absolute Gasteiger partial charge is 0.370 e. The van der Waals surface area contributed by atoms with Gasteiger partial charge in [0.05, 0.1) is 0 Å². The lowest BCUT2D eigenvalue weighted by atomic mass is 10.0. The smallest absolute Gasteiger partial charge is 0.218 e. The van der Waals surface area contributed by atoms with Crippen molar-refractivity contribution < 1.29 is 4.79 Å². The Balaban J connectivity index is 2.50. The van der Waals surface area contributed by atoms with Crippen molar-refractivity contribution in [1.82, 2.24) is 5.32 Å². The molecule has 15 heavy (non-hydrogen) atoms. The number of hydrogen-bond donors (Lipinski definition) is 2. The molecular formula is C12H18N2O. The number of carbonyl (C=O) groups excluding carboxylic acids is 1. The van der Waals surface area contributed by atoms with Crippen molar-refractivity contribution in [3.63, 3.8) is 0 Å². The van der Waals surface area contributed by atoms with E-state index in [1.807, 2.05) is 12.1 Å². The predicted octanol–water partition coefficient (Wildman–Crippen LogP) is 1.52. The van der Waals surface area contributed by atoms with Crippen LogP contribution < -0.4 is 11.1 Å². The molecule has 0 bridgehead atoms. The summed E-state index contributed by atoms with van der Waals surface area (Å²) in [5, 5.41) is 3.27. The van der Waals surface area contributed by atoms with Gasteiger partial charge in [-0.05, 0) is 25.0 Å². The summed E-state index contributed by atoms with van der Waals surface area (Å²) in [6.07, 6.45) is 0.385. The van der Waals surface area contributed by atoms with Crippen molar-refractivity contribution in [2.24, 2.45) is 5.73 Å². The minimum atomic E-state index is -0.264. The number of carbonyl (C=O) groups is 1. The van der Waals surface area contributed by atoms with Crippen LogP contribution in [-0.4, -0.2) is 12.5 Å². The van der Waals surface area contributed by atoms with E-state index in [0.717, 1.165) is 0 Å². The normalized spacial score (nSPS) is 12.4. The number of benzene rings is 1. The molecule has 0 radical (unpaired) electrons. The molecule has 1 amide bonds. The molecule has 0 saturated carbocycles. The van der Waals surface area contributed by atoms with Crippen LogP contribution in [0.3, 0.4) is 0 Å². The average molecular weight is 206 g/mol. The lowest BCUT2D eigenvalue weighted by molar-refractivity contribution is -0.117. The van der Waals surface area contributed by atoms with E-state index >= 15 is 0 Å².